The fourth-order valence-electron chi connectivity index (χ4n) is 1.40. The molecule has 2 atom stereocenters. The van der Waals surface area contributed by atoms with Crippen molar-refractivity contribution in [2.24, 2.45) is 11.8 Å². The van der Waals surface area contributed by atoms with E-state index in [1.165, 1.54) is 18.4 Å². The van der Waals surface area contributed by atoms with E-state index in [-0.39, 0.29) is 0 Å². The molecule has 0 aromatic rings. The maximum Gasteiger partial charge on any atom is -0.0294 e. The molecule has 0 aromatic heterocycles. The standard InChI is InChI=1S/C8H14/c1-6-4-7(2)8(3)5-6/h7-8H,1,4-5H2,2-3H3/t7-,8?/m1/s1. The maximum atomic E-state index is 3.96. The summed E-state index contributed by atoms with van der Waals surface area (Å²) in [6.45, 7) is 8.57. The lowest BCUT2D eigenvalue weighted by Crippen LogP contribution is -1.95. The van der Waals surface area contributed by atoms with Gasteiger partial charge in [0, 0.05) is 0 Å². The Hall–Kier alpha value is -0.260. The predicted molar refractivity (Wildman–Crippen MR) is 36.7 cm³/mol. The highest BCUT2D eigenvalue weighted by Crippen LogP contribution is 2.33. The van der Waals surface area contributed by atoms with Crippen LogP contribution in [-0.4, -0.2) is 0 Å². The van der Waals surface area contributed by atoms with Gasteiger partial charge in [0.1, 0.15) is 0 Å². The number of hydrogen-bond donors (Lipinski definition) is 0. The second kappa shape index (κ2) is 1.93. The van der Waals surface area contributed by atoms with Crippen LogP contribution in [0.1, 0.15) is 26.7 Å². The highest BCUT2D eigenvalue weighted by atomic mass is 14.3. The minimum Gasteiger partial charge on any atom is -0.0998 e. The molecule has 0 amide bonds. The van der Waals surface area contributed by atoms with Gasteiger partial charge in [0.25, 0.3) is 0 Å². The molecule has 0 radical (unpaired) electrons. The third-order valence-corrected chi connectivity index (χ3v) is 2.19. The third kappa shape index (κ3) is 0.936. The Kier molecular flexibility index (Phi) is 1.41. The molecule has 46 valence electrons. The monoisotopic (exact) mass is 110 g/mol. The SMILES string of the molecule is C=C1CC(C)[C@H](C)C1. The molecule has 0 spiro atoms. The summed E-state index contributed by atoms with van der Waals surface area (Å²) in [6, 6.07) is 0. The van der Waals surface area contributed by atoms with E-state index in [4.69, 9.17) is 0 Å². The fraction of sp³-hybridized carbons (Fsp3) is 0.750. The lowest BCUT2D eigenvalue weighted by atomic mass is 10.0. The zero-order valence-corrected chi connectivity index (χ0v) is 5.78. The molecule has 1 aliphatic rings. The summed E-state index contributed by atoms with van der Waals surface area (Å²) in [5.41, 5.74) is 1.45. The topological polar surface area (TPSA) is 0 Å². The Labute approximate surface area is 51.6 Å². The van der Waals surface area contributed by atoms with Crippen LogP contribution in [0.4, 0.5) is 0 Å². The highest BCUT2D eigenvalue weighted by molar-refractivity contribution is 5.03. The Morgan fingerprint density at radius 1 is 1.25 bits per heavy atom. The van der Waals surface area contributed by atoms with E-state index < -0.39 is 0 Å². The number of allylic oxidation sites excluding steroid dienone is 1. The van der Waals surface area contributed by atoms with Crippen molar-refractivity contribution in [2.75, 3.05) is 0 Å². The zero-order chi connectivity index (χ0) is 6.15. The molecule has 1 saturated carbocycles. The molecule has 1 rings (SSSR count). The van der Waals surface area contributed by atoms with Crippen LogP contribution in [0.25, 0.3) is 0 Å². The average Bonchev–Trinajstić information content (AvgIpc) is 1.85. The van der Waals surface area contributed by atoms with Gasteiger partial charge in [-0.25, -0.2) is 0 Å². The van der Waals surface area contributed by atoms with Gasteiger partial charge in [0.05, 0.1) is 0 Å². The lowest BCUT2D eigenvalue weighted by Gasteiger charge is -2.04. The minimum absolute atomic E-state index is 0.891. The van der Waals surface area contributed by atoms with Crippen LogP contribution in [-0.2, 0) is 0 Å². The summed E-state index contributed by atoms with van der Waals surface area (Å²) in [4.78, 5) is 0. The predicted octanol–water partition coefficient (Wildman–Crippen LogP) is 2.61. The molecule has 1 fully saturated rings. The Morgan fingerprint density at radius 2 is 1.62 bits per heavy atom. The largest absolute Gasteiger partial charge is 0.0998 e. The van der Waals surface area contributed by atoms with Gasteiger partial charge >= 0.3 is 0 Å². The Bertz CT molecular complexity index is 90.6. The molecule has 0 N–H and O–H groups in total. The van der Waals surface area contributed by atoms with Crippen molar-refractivity contribution in [3.05, 3.63) is 12.2 Å². The molecule has 1 aliphatic carbocycles. The molecule has 0 nitrogen and oxygen atoms in total. The van der Waals surface area contributed by atoms with Crippen LogP contribution in [0.5, 0.6) is 0 Å². The summed E-state index contributed by atoms with van der Waals surface area (Å²) in [7, 11) is 0. The van der Waals surface area contributed by atoms with E-state index in [0.717, 1.165) is 11.8 Å². The van der Waals surface area contributed by atoms with Gasteiger partial charge in [-0.3, -0.25) is 0 Å². The molecule has 0 heterocycles. The van der Waals surface area contributed by atoms with Crippen LogP contribution in [0.15, 0.2) is 12.2 Å². The zero-order valence-electron chi connectivity index (χ0n) is 5.78. The summed E-state index contributed by atoms with van der Waals surface area (Å²) >= 11 is 0. The van der Waals surface area contributed by atoms with Crippen LogP contribution in [0, 0.1) is 11.8 Å². The van der Waals surface area contributed by atoms with Crippen LogP contribution < -0.4 is 0 Å². The second-order valence-electron chi connectivity index (χ2n) is 3.11. The summed E-state index contributed by atoms with van der Waals surface area (Å²) in [5.74, 6) is 1.78. The molecular weight excluding hydrogens is 96.1 g/mol. The van der Waals surface area contributed by atoms with Gasteiger partial charge in [-0.1, -0.05) is 26.0 Å². The van der Waals surface area contributed by atoms with Crippen LogP contribution in [0.3, 0.4) is 0 Å². The molecule has 0 bridgehead atoms. The first kappa shape index (κ1) is 5.87. The van der Waals surface area contributed by atoms with Crippen molar-refractivity contribution < 1.29 is 0 Å². The van der Waals surface area contributed by atoms with Crippen LogP contribution >= 0.6 is 0 Å². The smallest absolute Gasteiger partial charge is 0.0294 e. The van der Waals surface area contributed by atoms with Gasteiger partial charge in [0.15, 0.2) is 0 Å². The van der Waals surface area contributed by atoms with Crippen LogP contribution in [0.2, 0.25) is 0 Å². The first-order valence-corrected chi connectivity index (χ1v) is 3.37. The summed E-state index contributed by atoms with van der Waals surface area (Å²) in [6.07, 6.45) is 2.53. The van der Waals surface area contributed by atoms with E-state index in [1.54, 1.807) is 0 Å². The molecule has 0 aliphatic heterocycles. The first-order valence-electron chi connectivity index (χ1n) is 3.37. The van der Waals surface area contributed by atoms with Gasteiger partial charge in [-0.15, -0.1) is 0 Å². The lowest BCUT2D eigenvalue weighted by molar-refractivity contribution is 0.457. The van der Waals surface area contributed by atoms with Crippen molar-refractivity contribution >= 4 is 0 Å². The molecular formula is C8H14. The molecule has 8 heavy (non-hydrogen) atoms. The fourth-order valence-corrected chi connectivity index (χ4v) is 1.40. The second-order valence-corrected chi connectivity index (χ2v) is 3.11. The number of hydrogen-bond acceptors (Lipinski definition) is 0. The van der Waals surface area contributed by atoms with Crippen molar-refractivity contribution in [3.8, 4) is 0 Å². The minimum atomic E-state index is 0.891. The molecule has 0 aromatic carbocycles. The van der Waals surface area contributed by atoms with E-state index in [2.05, 4.69) is 20.4 Å². The van der Waals surface area contributed by atoms with E-state index in [0.29, 0.717) is 0 Å². The maximum absolute atomic E-state index is 3.96. The average molecular weight is 110 g/mol. The molecule has 0 heteroatoms. The normalized spacial score (nSPS) is 38.5. The summed E-state index contributed by atoms with van der Waals surface area (Å²) in [5, 5.41) is 0. The van der Waals surface area contributed by atoms with E-state index in [1.807, 2.05) is 0 Å². The van der Waals surface area contributed by atoms with Gasteiger partial charge in [0.2, 0.25) is 0 Å². The van der Waals surface area contributed by atoms with E-state index >= 15 is 0 Å². The van der Waals surface area contributed by atoms with Gasteiger partial charge in [-0.05, 0) is 24.7 Å². The first-order chi connectivity index (χ1) is 3.70. The Morgan fingerprint density at radius 3 is 1.75 bits per heavy atom. The summed E-state index contributed by atoms with van der Waals surface area (Å²) < 4.78 is 0. The molecule has 0 saturated heterocycles. The van der Waals surface area contributed by atoms with Crippen molar-refractivity contribution in [3.63, 3.8) is 0 Å². The number of rotatable bonds is 0. The van der Waals surface area contributed by atoms with Gasteiger partial charge in [-0.2, -0.15) is 0 Å². The van der Waals surface area contributed by atoms with Gasteiger partial charge < -0.3 is 0 Å². The van der Waals surface area contributed by atoms with E-state index in [9.17, 15) is 0 Å². The highest BCUT2D eigenvalue weighted by Gasteiger charge is 2.20. The third-order valence-electron chi connectivity index (χ3n) is 2.19. The van der Waals surface area contributed by atoms with Crippen molar-refractivity contribution in [1.29, 1.82) is 0 Å². The Balaban J connectivity index is 2.51. The molecule has 1 unspecified atom stereocenters. The van der Waals surface area contributed by atoms with Crippen molar-refractivity contribution in [2.45, 2.75) is 26.7 Å². The quantitative estimate of drug-likeness (QED) is 0.420. The van der Waals surface area contributed by atoms with Crippen molar-refractivity contribution in [1.82, 2.24) is 0 Å².